The summed E-state index contributed by atoms with van der Waals surface area (Å²) >= 11 is 0. The summed E-state index contributed by atoms with van der Waals surface area (Å²) in [6, 6.07) is -0.309. The molecule has 1 aliphatic heterocycles. The highest BCUT2D eigenvalue weighted by atomic mass is 16.6. The van der Waals surface area contributed by atoms with E-state index in [-0.39, 0.29) is 18.1 Å². The van der Waals surface area contributed by atoms with E-state index < -0.39 is 11.6 Å². The molecule has 0 aromatic heterocycles. The topological polar surface area (TPSA) is 76.7 Å². The zero-order chi connectivity index (χ0) is 17.5. The summed E-state index contributed by atoms with van der Waals surface area (Å²) in [6.07, 6.45) is 6.06. The first-order valence-electron chi connectivity index (χ1n) is 7.96. The highest BCUT2D eigenvalue weighted by Crippen LogP contribution is 2.11. The summed E-state index contributed by atoms with van der Waals surface area (Å²) < 4.78 is 10.6. The number of rotatable bonds is 5. The predicted octanol–water partition coefficient (Wildman–Crippen LogP) is 2.02. The van der Waals surface area contributed by atoms with Crippen molar-refractivity contribution < 1.29 is 19.1 Å². The van der Waals surface area contributed by atoms with Gasteiger partial charge in [0.1, 0.15) is 17.7 Å². The third kappa shape index (κ3) is 7.95. The molecule has 0 aromatic carbocycles. The molecule has 2 atom stereocenters. The molecule has 1 aliphatic rings. The fraction of sp³-hybridized carbons (Fsp3) is 0.647. The normalized spacial score (nSPS) is 21.1. The summed E-state index contributed by atoms with van der Waals surface area (Å²) in [7, 11) is 0. The number of hydrazine groups is 1. The molecule has 2 N–H and O–H groups in total. The standard InChI is InChI=1S/C17H28N2O4/c1-12(8-6-10-15(20)23-17(3,4)5)13(2)22-16(21)14-9-7-11-18-19-14/h6,8,10,13-14,18-19H,7,9,11H2,1-5H3. The lowest BCUT2D eigenvalue weighted by molar-refractivity contribution is -0.150. The van der Waals surface area contributed by atoms with Gasteiger partial charge >= 0.3 is 11.9 Å². The van der Waals surface area contributed by atoms with Crippen LogP contribution in [0.3, 0.4) is 0 Å². The Morgan fingerprint density at radius 2 is 2.00 bits per heavy atom. The summed E-state index contributed by atoms with van der Waals surface area (Å²) in [6.45, 7) is 9.96. The molecule has 6 heteroatoms. The Morgan fingerprint density at radius 3 is 2.57 bits per heavy atom. The fourth-order valence-electron chi connectivity index (χ4n) is 1.94. The van der Waals surface area contributed by atoms with Gasteiger partial charge in [-0.25, -0.2) is 10.2 Å². The number of carbonyl (C=O) groups excluding carboxylic acids is 2. The number of nitrogens with one attached hydrogen (secondary N) is 2. The highest BCUT2D eigenvalue weighted by molar-refractivity contribution is 5.82. The van der Waals surface area contributed by atoms with Crippen molar-refractivity contribution in [2.45, 2.75) is 65.2 Å². The van der Waals surface area contributed by atoms with Crippen LogP contribution >= 0.6 is 0 Å². The molecule has 0 bridgehead atoms. The minimum Gasteiger partial charge on any atom is -0.457 e. The van der Waals surface area contributed by atoms with Crippen LogP contribution in [0.5, 0.6) is 0 Å². The lowest BCUT2D eigenvalue weighted by Gasteiger charge is -2.24. The summed E-state index contributed by atoms with van der Waals surface area (Å²) in [4.78, 5) is 23.6. The van der Waals surface area contributed by atoms with E-state index in [1.165, 1.54) is 6.08 Å². The molecule has 1 fully saturated rings. The van der Waals surface area contributed by atoms with Gasteiger partial charge in [0.05, 0.1) is 0 Å². The summed E-state index contributed by atoms with van der Waals surface area (Å²) in [5.41, 5.74) is 6.22. The van der Waals surface area contributed by atoms with E-state index in [2.05, 4.69) is 10.9 Å². The monoisotopic (exact) mass is 324 g/mol. The Hall–Kier alpha value is -1.66. The first-order valence-corrected chi connectivity index (χ1v) is 7.96. The van der Waals surface area contributed by atoms with Crippen LogP contribution in [0.1, 0.15) is 47.5 Å². The number of esters is 2. The number of allylic oxidation sites excluding steroid dienone is 2. The van der Waals surface area contributed by atoms with Crippen molar-refractivity contribution in [1.29, 1.82) is 0 Å². The lowest BCUT2D eigenvalue weighted by atomic mass is 10.1. The molecule has 6 nitrogen and oxygen atoms in total. The van der Waals surface area contributed by atoms with E-state index in [4.69, 9.17) is 9.47 Å². The average molecular weight is 324 g/mol. The molecule has 1 rings (SSSR count). The summed E-state index contributed by atoms with van der Waals surface area (Å²) in [5.74, 6) is -0.669. The molecular formula is C17H28N2O4. The Bertz CT molecular complexity index is 471. The van der Waals surface area contributed by atoms with Crippen molar-refractivity contribution in [3.8, 4) is 0 Å². The van der Waals surface area contributed by atoms with Gasteiger partial charge in [0.2, 0.25) is 0 Å². The van der Waals surface area contributed by atoms with Crippen molar-refractivity contribution >= 4 is 11.9 Å². The van der Waals surface area contributed by atoms with Crippen molar-refractivity contribution in [2.24, 2.45) is 0 Å². The number of hydrogen-bond acceptors (Lipinski definition) is 6. The van der Waals surface area contributed by atoms with Gasteiger partial charge in [0.15, 0.2) is 0 Å². The van der Waals surface area contributed by atoms with Crippen LogP contribution in [0.25, 0.3) is 0 Å². The van der Waals surface area contributed by atoms with E-state index in [1.807, 2.05) is 27.7 Å². The van der Waals surface area contributed by atoms with Gasteiger partial charge in [0.25, 0.3) is 0 Å². The Balaban J connectivity index is 2.46. The Kier molecular flexibility index (Phi) is 7.45. The van der Waals surface area contributed by atoms with Crippen LogP contribution in [0.15, 0.2) is 23.8 Å². The lowest BCUT2D eigenvalue weighted by Crippen LogP contribution is -2.50. The van der Waals surface area contributed by atoms with Gasteiger partial charge in [-0.05, 0) is 53.0 Å². The maximum atomic E-state index is 12.0. The molecule has 0 spiro atoms. The SMILES string of the molecule is CC(=CC=CC(=O)OC(C)(C)C)C(C)OC(=O)C1CCCNN1. The second-order valence-electron chi connectivity index (χ2n) is 6.65. The zero-order valence-corrected chi connectivity index (χ0v) is 14.6. The van der Waals surface area contributed by atoms with Crippen LogP contribution < -0.4 is 10.9 Å². The first-order chi connectivity index (χ1) is 10.7. The number of ether oxygens (including phenoxy) is 2. The molecule has 0 aliphatic carbocycles. The third-order valence-electron chi connectivity index (χ3n) is 3.29. The number of hydrogen-bond donors (Lipinski definition) is 2. The molecule has 0 aromatic rings. The number of carbonyl (C=O) groups is 2. The Morgan fingerprint density at radius 1 is 1.30 bits per heavy atom. The van der Waals surface area contributed by atoms with Crippen molar-refractivity contribution in [2.75, 3.05) is 6.54 Å². The van der Waals surface area contributed by atoms with Gasteiger partial charge in [-0.2, -0.15) is 0 Å². The minimum absolute atomic E-state index is 0.270. The van der Waals surface area contributed by atoms with Crippen LogP contribution in [-0.4, -0.2) is 36.2 Å². The molecule has 1 heterocycles. The molecular weight excluding hydrogens is 296 g/mol. The average Bonchev–Trinajstić information content (AvgIpc) is 2.46. The van der Waals surface area contributed by atoms with Crippen LogP contribution in [-0.2, 0) is 19.1 Å². The maximum absolute atomic E-state index is 12.0. The maximum Gasteiger partial charge on any atom is 0.331 e. The van der Waals surface area contributed by atoms with Gasteiger partial charge in [0, 0.05) is 12.6 Å². The van der Waals surface area contributed by atoms with E-state index in [0.717, 1.165) is 25.0 Å². The zero-order valence-electron chi connectivity index (χ0n) is 14.6. The molecule has 130 valence electrons. The molecule has 23 heavy (non-hydrogen) atoms. The molecule has 1 saturated heterocycles. The molecule has 0 radical (unpaired) electrons. The molecule has 0 amide bonds. The van der Waals surface area contributed by atoms with E-state index in [9.17, 15) is 9.59 Å². The van der Waals surface area contributed by atoms with Gasteiger partial charge in [-0.1, -0.05) is 12.2 Å². The van der Waals surface area contributed by atoms with Gasteiger partial charge in [-0.15, -0.1) is 0 Å². The van der Waals surface area contributed by atoms with E-state index in [1.54, 1.807) is 19.1 Å². The van der Waals surface area contributed by atoms with Crippen LogP contribution in [0, 0.1) is 0 Å². The van der Waals surface area contributed by atoms with Gasteiger partial charge in [-0.3, -0.25) is 10.2 Å². The second-order valence-corrected chi connectivity index (χ2v) is 6.65. The fourth-order valence-corrected chi connectivity index (χ4v) is 1.94. The Labute approximate surface area is 138 Å². The van der Waals surface area contributed by atoms with E-state index in [0.29, 0.717) is 0 Å². The smallest absolute Gasteiger partial charge is 0.331 e. The summed E-state index contributed by atoms with van der Waals surface area (Å²) in [5, 5.41) is 0. The van der Waals surface area contributed by atoms with Crippen molar-refractivity contribution in [3.63, 3.8) is 0 Å². The first kappa shape index (κ1) is 19.4. The quantitative estimate of drug-likeness (QED) is 0.458. The molecule has 0 saturated carbocycles. The largest absolute Gasteiger partial charge is 0.457 e. The van der Waals surface area contributed by atoms with E-state index >= 15 is 0 Å². The highest BCUT2D eigenvalue weighted by Gasteiger charge is 2.23. The second kappa shape index (κ2) is 8.84. The third-order valence-corrected chi connectivity index (χ3v) is 3.29. The van der Waals surface area contributed by atoms with Crippen LogP contribution in [0.2, 0.25) is 0 Å². The minimum atomic E-state index is -0.510. The van der Waals surface area contributed by atoms with Gasteiger partial charge < -0.3 is 9.47 Å². The van der Waals surface area contributed by atoms with Crippen molar-refractivity contribution in [3.05, 3.63) is 23.8 Å². The predicted molar refractivity (Wildman–Crippen MR) is 88.5 cm³/mol. The van der Waals surface area contributed by atoms with Crippen molar-refractivity contribution in [1.82, 2.24) is 10.9 Å². The molecule has 2 unspecified atom stereocenters. The van der Waals surface area contributed by atoms with Crippen LogP contribution in [0.4, 0.5) is 0 Å².